The number of hydrogen-bond donors (Lipinski definition) is 1. The van der Waals surface area contributed by atoms with E-state index in [0.29, 0.717) is 12.3 Å². The Bertz CT molecular complexity index is 272. The van der Waals surface area contributed by atoms with Crippen LogP contribution in [0.2, 0.25) is 0 Å². The third-order valence-corrected chi connectivity index (χ3v) is 4.89. The molecule has 5 heteroatoms. The van der Waals surface area contributed by atoms with Crippen molar-refractivity contribution in [2.75, 3.05) is 19.4 Å². The largest absolute Gasteiger partial charge is 0.396 e. The molecule has 1 aliphatic rings. The van der Waals surface area contributed by atoms with Crippen molar-refractivity contribution in [3.63, 3.8) is 0 Å². The molecule has 1 unspecified atom stereocenters. The van der Waals surface area contributed by atoms with Crippen molar-refractivity contribution in [2.24, 2.45) is 5.92 Å². The number of aliphatic hydroxyl groups excluding tert-OH is 1. The van der Waals surface area contributed by atoms with Gasteiger partial charge in [0.1, 0.15) is 0 Å². The summed E-state index contributed by atoms with van der Waals surface area (Å²) in [6.07, 6.45) is 2.60. The predicted octanol–water partition coefficient (Wildman–Crippen LogP) is 0.429. The van der Waals surface area contributed by atoms with Crippen molar-refractivity contribution in [1.29, 1.82) is 0 Å². The van der Waals surface area contributed by atoms with Gasteiger partial charge in [0, 0.05) is 19.7 Å². The van der Waals surface area contributed by atoms with Crippen LogP contribution in [0.3, 0.4) is 0 Å². The van der Waals surface area contributed by atoms with E-state index in [-0.39, 0.29) is 18.4 Å². The predicted molar refractivity (Wildman–Crippen MR) is 55.4 cm³/mol. The van der Waals surface area contributed by atoms with Crippen LogP contribution in [0, 0.1) is 5.92 Å². The van der Waals surface area contributed by atoms with Gasteiger partial charge in [-0.1, -0.05) is 0 Å². The minimum atomic E-state index is -3.15. The van der Waals surface area contributed by atoms with Crippen LogP contribution in [-0.2, 0) is 10.0 Å². The summed E-state index contributed by atoms with van der Waals surface area (Å²) in [5, 5.41) is 8.59. The second-order valence-electron chi connectivity index (χ2n) is 3.99. The lowest BCUT2D eigenvalue weighted by Gasteiger charge is -2.23. The minimum absolute atomic E-state index is 0.0526. The van der Waals surface area contributed by atoms with E-state index < -0.39 is 10.0 Å². The lowest BCUT2D eigenvalue weighted by Crippen LogP contribution is -2.38. The van der Waals surface area contributed by atoms with Crippen molar-refractivity contribution in [3.8, 4) is 0 Å². The highest BCUT2D eigenvalue weighted by atomic mass is 32.2. The highest BCUT2D eigenvalue weighted by molar-refractivity contribution is 7.89. The van der Waals surface area contributed by atoms with E-state index in [2.05, 4.69) is 0 Å². The van der Waals surface area contributed by atoms with Gasteiger partial charge in [0.05, 0.1) is 5.75 Å². The maximum absolute atomic E-state index is 11.7. The Morgan fingerprint density at radius 3 is 2.50 bits per heavy atom. The zero-order chi connectivity index (χ0) is 10.8. The topological polar surface area (TPSA) is 57.6 Å². The van der Waals surface area contributed by atoms with E-state index >= 15 is 0 Å². The third-order valence-electron chi connectivity index (χ3n) is 2.88. The van der Waals surface area contributed by atoms with Gasteiger partial charge < -0.3 is 5.11 Å². The maximum atomic E-state index is 11.7. The van der Waals surface area contributed by atoms with Crippen LogP contribution in [0.4, 0.5) is 0 Å². The molecule has 1 rings (SSSR count). The van der Waals surface area contributed by atoms with Crippen LogP contribution in [0.25, 0.3) is 0 Å². The molecule has 0 aromatic heterocycles. The zero-order valence-electron chi connectivity index (χ0n) is 8.81. The second-order valence-corrected chi connectivity index (χ2v) is 6.14. The lowest BCUT2D eigenvalue weighted by atomic mass is 10.2. The summed E-state index contributed by atoms with van der Waals surface area (Å²) in [6, 6.07) is 0.110. The fourth-order valence-corrected chi connectivity index (χ4v) is 2.98. The average molecular weight is 221 g/mol. The molecule has 0 amide bonds. The molecule has 4 nitrogen and oxygen atoms in total. The van der Waals surface area contributed by atoms with Gasteiger partial charge in [-0.2, -0.15) is 0 Å². The van der Waals surface area contributed by atoms with Crippen molar-refractivity contribution < 1.29 is 13.5 Å². The number of nitrogens with zero attached hydrogens (tertiary/aromatic N) is 1. The lowest BCUT2D eigenvalue weighted by molar-refractivity contribution is 0.292. The molecule has 1 aliphatic carbocycles. The molecule has 1 atom stereocenters. The van der Waals surface area contributed by atoms with Crippen LogP contribution >= 0.6 is 0 Å². The molecule has 0 aromatic carbocycles. The zero-order valence-corrected chi connectivity index (χ0v) is 9.63. The quantitative estimate of drug-likeness (QED) is 0.707. The summed E-state index contributed by atoms with van der Waals surface area (Å²) in [5.41, 5.74) is 0. The first kappa shape index (κ1) is 11.9. The van der Waals surface area contributed by atoms with Crippen LogP contribution in [0.5, 0.6) is 0 Å². The van der Waals surface area contributed by atoms with Gasteiger partial charge in [-0.05, 0) is 32.1 Å². The Balaban J connectivity index is 2.52. The van der Waals surface area contributed by atoms with E-state index in [9.17, 15) is 8.42 Å². The van der Waals surface area contributed by atoms with Gasteiger partial charge in [-0.15, -0.1) is 0 Å². The number of rotatable bonds is 6. The van der Waals surface area contributed by atoms with Gasteiger partial charge in [-0.25, -0.2) is 12.7 Å². The van der Waals surface area contributed by atoms with Gasteiger partial charge in [0.15, 0.2) is 0 Å². The summed E-state index contributed by atoms with van der Waals surface area (Å²) < 4.78 is 24.8. The number of hydrogen-bond acceptors (Lipinski definition) is 3. The Morgan fingerprint density at radius 2 is 2.07 bits per heavy atom. The Labute approximate surface area is 86.0 Å². The molecule has 0 spiro atoms. The van der Waals surface area contributed by atoms with E-state index in [4.69, 9.17) is 5.11 Å². The Hall–Kier alpha value is -0.130. The summed E-state index contributed by atoms with van der Waals surface area (Å²) in [5.74, 6) is 0.598. The SMILES string of the molecule is CC(C1CC1)N(C)S(=O)(=O)CCCO. The molecule has 0 aliphatic heterocycles. The van der Waals surface area contributed by atoms with Crippen molar-refractivity contribution in [2.45, 2.75) is 32.2 Å². The second kappa shape index (κ2) is 4.59. The first-order valence-electron chi connectivity index (χ1n) is 5.05. The third kappa shape index (κ3) is 2.93. The first-order chi connectivity index (χ1) is 6.49. The monoisotopic (exact) mass is 221 g/mol. The molecular formula is C9H19NO3S. The summed E-state index contributed by atoms with van der Waals surface area (Å²) in [6.45, 7) is 1.89. The average Bonchev–Trinajstić information content (AvgIpc) is 2.95. The molecule has 84 valence electrons. The van der Waals surface area contributed by atoms with Crippen LogP contribution < -0.4 is 0 Å². The normalized spacial score (nSPS) is 20.0. The molecule has 0 saturated heterocycles. The molecular weight excluding hydrogens is 202 g/mol. The van der Waals surface area contributed by atoms with Gasteiger partial charge >= 0.3 is 0 Å². The van der Waals surface area contributed by atoms with E-state index in [1.165, 1.54) is 4.31 Å². The summed E-state index contributed by atoms with van der Waals surface area (Å²) in [7, 11) is -1.52. The van der Waals surface area contributed by atoms with Crippen LogP contribution in [0.1, 0.15) is 26.2 Å². The summed E-state index contributed by atoms with van der Waals surface area (Å²) in [4.78, 5) is 0. The molecule has 0 bridgehead atoms. The molecule has 1 fully saturated rings. The highest BCUT2D eigenvalue weighted by Crippen LogP contribution is 2.35. The molecule has 0 heterocycles. The maximum Gasteiger partial charge on any atom is 0.214 e. The van der Waals surface area contributed by atoms with Gasteiger partial charge in [0.25, 0.3) is 0 Å². The van der Waals surface area contributed by atoms with E-state index in [1.807, 2.05) is 6.92 Å². The van der Waals surface area contributed by atoms with Gasteiger partial charge in [-0.3, -0.25) is 0 Å². The van der Waals surface area contributed by atoms with Crippen LogP contribution in [0.15, 0.2) is 0 Å². The smallest absolute Gasteiger partial charge is 0.214 e. The van der Waals surface area contributed by atoms with Crippen molar-refractivity contribution in [1.82, 2.24) is 4.31 Å². The molecule has 0 radical (unpaired) electrons. The van der Waals surface area contributed by atoms with E-state index in [1.54, 1.807) is 7.05 Å². The standard InChI is InChI=1S/C9H19NO3S/c1-8(9-4-5-9)10(2)14(12,13)7-3-6-11/h8-9,11H,3-7H2,1-2H3. The Morgan fingerprint density at radius 1 is 1.50 bits per heavy atom. The number of sulfonamides is 1. The fraction of sp³-hybridized carbons (Fsp3) is 1.00. The van der Waals surface area contributed by atoms with E-state index in [0.717, 1.165) is 12.8 Å². The Kier molecular flexibility index (Phi) is 3.92. The minimum Gasteiger partial charge on any atom is -0.396 e. The van der Waals surface area contributed by atoms with Crippen LogP contribution in [-0.4, -0.2) is 43.3 Å². The van der Waals surface area contributed by atoms with Crippen molar-refractivity contribution in [3.05, 3.63) is 0 Å². The molecule has 1 N–H and O–H groups in total. The number of aliphatic hydroxyl groups is 1. The van der Waals surface area contributed by atoms with Crippen molar-refractivity contribution >= 4 is 10.0 Å². The fourth-order valence-electron chi connectivity index (χ4n) is 1.52. The molecule has 14 heavy (non-hydrogen) atoms. The molecule has 0 aromatic rings. The van der Waals surface area contributed by atoms with Gasteiger partial charge in [0.2, 0.25) is 10.0 Å². The molecule has 1 saturated carbocycles. The summed E-state index contributed by atoms with van der Waals surface area (Å²) >= 11 is 0. The first-order valence-corrected chi connectivity index (χ1v) is 6.66. The highest BCUT2D eigenvalue weighted by Gasteiger charge is 2.34.